The van der Waals surface area contributed by atoms with E-state index in [1.54, 1.807) is 4.57 Å². The lowest BCUT2D eigenvalue weighted by atomic mass is 10.1. The van der Waals surface area contributed by atoms with Crippen molar-refractivity contribution in [2.45, 2.75) is 13.8 Å². The van der Waals surface area contributed by atoms with E-state index in [-0.39, 0.29) is 5.88 Å². The molecule has 3 aromatic rings. The predicted molar refractivity (Wildman–Crippen MR) is 116 cm³/mol. The quantitative estimate of drug-likeness (QED) is 0.453. The molecule has 0 atom stereocenters. The maximum atomic E-state index is 10.8. The molecule has 6 heteroatoms. The smallest absolute Gasteiger partial charge is 0.215 e. The molecule has 0 amide bonds. The first-order chi connectivity index (χ1) is 12.4. The van der Waals surface area contributed by atoms with Gasteiger partial charge in [0.05, 0.1) is 16.3 Å². The molecule has 1 aromatic heterocycles. The zero-order chi connectivity index (χ0) is 18.4. The maximum Gasteiger partial charge on any atom is 0.215 e. The molecule has 2 heterocycles. The molecule has 1 aliphatic heterocycles. The van der Waals surface area contributed by atoms with E-state index in [9.17, 15) is 5.11 Å². The molecule has 2 aromatic carbocycles. The van der Waals surface area contributed by atoms with Crippen molar-refractivity contribution in [3.63, 3.8) is 0 Å². The average Bonchev–Trinajstić information content (AvgIpc) is 3.10. The van der Waals surface area contributed by atoms with Crippen LogP contribution >= 0.6 is 39.5 Å². The molecule has 26 heavy (non-hydrogen) atoms. The van der Waals surface area contributed by atoms with Crippen LogP contribution in [-0.2, 0) is 0 Å². The lowest BCUT2D eigenvalue weighted by molar-refractivity contribution is 0.441. The Hall–Kier alpha value is -2.02. The molecule has 4 rings (SSSR count). The Morgan fingerprint density at radius 1 is 1.19 bits per heavy atom. The number of halogens is 1. The van der Waals surface area contributed by atoms with E-state index in [2.05, 4.69) is 27.0 Å². The SMILES string of the molecule is Cc1ccc(-n2c(O)c(C=C3C=Nc4ccc(Br)cc43)sc2=S)c(C)c1. The number of hydrogen-bond acceptors (Lipinski definition) is 4. The lowest BCUT2D eigenvalue weighted by Gasteiger charge is -2.09. The van der Waals surface area contributed by atoms with Crippen LogP contribution in [0.1, 0.15) is 21.6 Å². The van der Waals surface area contributed by atoms with Crippen molar-refractivity contribution < 1.29 is 5.11 Å². The molecule has 0 aliphatic carbocycles. The molecule has 0 spiro atoms. The van der Waals surface area contributed by atoms with E-state index in [4.69, 9.17) is 12.2 Å². The minimum atomic E-state index is 0.163. The van der Waals surface area contributed by atoms with Gasteiger partial charge in [-0.15, -0.1) is 11.3 Å². The summed E-state index contributed by atoms with van der Waals surface area (Å²) < 4.78 is 3.35. The van der Waals surface area contributed by atoms with Crippen molar-refractivity contribution in [3.05, 3.63) is 66.4 Å². The third kappa shape index (κ3) is 2.98. The number of aromatic hydroxyl groups is 1. The maximum absolute atomic E-state index is 10.8. The fourth-order valence-electron chi connectivity index (χ4n) is 3.06. The fraction of sp³-hybridized carbons (Fsp3) is 0.100. The van der Waals surface area contributed by atoms with Gasteiger partial charge in [-0.1, -0.05) is 33.6 Å². The third-order valence-corrected chi connectivity index (χ3v) is 6.11. The van der Waals surface area contributed by atoms with Crippen molar-refractivity contribution in [3.8, 4) is 11.6 Å². The third-order valence-electron chi connectivity index (χ3n) is 4.30. The first-order valence-corrected chi connectivity index (χ1v) is 10.0. The number of hydrogen-bond donors (Lipinski definition) is 1. The van der Waals surface area contributed by atoms with Gasteiger partial charge >= 0.3 is 0 Å². The Morgan fingerprint density at radius 2 is 2.00 bits per heavy atom. The van der Waals surface area contributed by atoms with E-state index < -0.39 is 0 Å². The Kier molecular flexibility index (Phi) is 4.42. The summed E-state index contributed by atoms with van der Waals surface area (Å²) in [7, 11) is 0. The number of rotatable bonds is 2. The van der Waals surface area contributed by atoms with E-state index in [0.29, 0.717) is 3.95 Å². The highest BCUT2D eigenvalue weighted by Gasteiger charge is 2.17. The van der Waals surface area contributed by atoms with E-state index >= 15 is 0 Å². The zero-order valence-electron chi connectivity index (χ0n) is 14.2. The first kappa shape index (κ1) is 17.4. The van der Waals surface area contributed by atoms with E-state index in [0.717, 1.165) is 37.4 Å². The number of aliphatic imine (C=N–C) groups is 1. The van der Waals surface area contributed by atoms with Gasteiger partial charge in [-0.05, 0) is 62.0 Å². The highest BCUT2D eigenvalue weighted by Crippen LogP contribution is 2.38. The van der Waals surface area contributed by atoms with Crippen molar-refractivity contribution in [2.24, 2.45) is 4.99 Å². The predicted octanol–water partition coefficient (Wildman–Crippen LogP) is 6.61. The summed E-state index contributed by atoms with van der Waals surface area (Å²) in [5.74, 6) is 0.163. The number of aryl methyl sites for hydroxylation is 2. The molecule has 0 unspecified atom stereocenters. The van der Waals surface area contributed by atoms with Crippen LogP contribution in [0.2, 0.25) is 0 Å². The van der Waals surface area contributed by atoms with Crippen LogP contribution in [0, 0.1) is 17.8 Å². The van der Waals surface area contributed by atoms with Crippen LogP contribution in [-0.4, -0.2) is 15.9 Å². The average molecular weight is 443 g/mol. The summed E-state index contributed by atoms with van der Waals surface area (Å²) >= 11 is 10.4. The lowest BCUT2D eigenvalue weighted by Crippen LogP contribution is -1.96. The molecule has 0 radical (unpaired) electrons. The van der Waals surface area contributed by atoms with Gasteiger partial charge < -0.3 is 5.11 Å². The van der Waals surface area contributed by atoms with Gasteiger partial charge in [-0.2, -0.15) is 0 Å². The molecule has 130 valence electrons. The first-order valence-electron chi connectivity index (χ1n) is 8.02. The van der Waals surface area contributed by atoms with Crippen LogP contribution in [0.4, 0.5) is 5.69 Å². The Balaban J connectivity index is 1.83. The normalized spacial score (nSPS) is 14.2. The highest BCUT2D eigenvalue weighted by molar-refractivity contribution is 9.10. The van der Waals surface area contributed by atoms with E-state index in [1.165, 1.54) is 16.9 Å². The standard InChI is InChI=1S/C20H15BrN2OS2/c1-11-3-6-17(12(2)7-11)23-19(24)18(26-20(23)25)8-13-10-22-16-5-4-14(21)9-15(13)16/h3-10,24H,1-2H3. The Bertz CT molecular complexity index is 1160. The van der Waals surface area contributed by atoms with Crippen LogP contribution in [0.5, 0.6) is 5.88 Å². The minimum Gasteiger partial charge on any atom is -0.493 e. The van der Waals surface area contributed by atoms with Gasteiger partial charge in [0.1, 0.15) is 0 Å². The summed E-state index contributed by atoms with van der Waals surface area (Å²) in [6.07, 6.45) is 3.76. The van der Waals surface area contributed by atoms with Gasteiger partial charge in [-0.25, -0.2) is 0 Å². The molecule has 0 saturated carbocycles. The van der Waals surface area contributed by atoms with Crippen LogP contribution in [0.15, 0.2) is 45.9 Å². The second kappa shape index (κ2) is 6.61. The van der Waals surface area contributed by atoms with Gasteiger partial charge in [0, 0.05) is 21.8 Å². The van der Waals surface area contributed by atoms with Crippen LogP contribution < -0.4 is 0 Å². The summed E-state index contributed by atoms with van der Waals surface area (Å²) in [5, 5.41) is 10.8. The van der Waals surface area contributed by atoms with Crippen molar-refractivity contribution in [1.82, 2.24) is 4.57 Å². The topological polar surface area (TPSA) is 37.5 Å². The molecular weight excluding hydrogens is 428 g/mol. The van der Waals surface area contributed by atoms with E-state index in [1.807, 2.05) is 56.5 Å². The highest BCUT2D eigenvalue weighted by atomic mass is 79.9. The monoisotopic (exact) mass is 442 g/mol. The molecule has 3 nitrogen and oxygen atoms in total. The molecule has 1 N–H and O–H groups in total. The second-order valence-electron chi connectivity index (χ2n) is 6.20. The van der Waals surface area contributed by atoms with Crippen molar-refractivity contribution in [2.75, 3.05) is 0 Å². The second-order valence-corrected chi connectivity index (χ2v) is 8.79. The van der Waals surface area contributed by atoms with Gasteiger partial charge in [0.2, 0.25) is 5.88 Å². The summed E-state index contributed by atoms with van der Waals surface area (Å²) in [5.41, 5.74) is 6.08. The molecule has 0 saturated heterocycles. The molecule has 0 fully saturated rings. The number of thiazole rings is 1. The van der Waals surface area contributed by atoms with Crippen LogP contribution in [0.3, 0.4) is 0 Å². The number of nitrogens with zero attached hydrogens (tertiary/aromatic N) is 2. The largest absolute Gasteiger partial charge is 0.493 e. The van der Waals surface area contributed by atoms with Crippen LogP contribution in [0.25, 0.3) is 17.3 Å². The van der Waals surface area contributed by atoms with Crippen molar-refractivity contribution in [1.29, 1.82) is 0 Å². The molecule has 1 aliphatic rings. The summed E-state index contributed by atoms with van der Waals surface area (Å²) in [6, 6.07) is 12.1. The Morgan fingerprint density at radius 3 is 2.77 bits per heavy atom. The number of fused-ring (bicyclic) bond motifs is 1. The zero-order valence-corrected chi connectivity index (χ0v) is 17.4. The number of allylic oxidation sites excluding steroid dienone is 1. The fourth-order valence-corrected chi connectivity index (χ4v) is 4.71. The molecule has 0 bridgehead atoms. The van der Waals surface area contributed by atoms with Gasteiger partial charge in [0.25, 0.3) is 0 Å². The minimum absolute atomic E-state index is 0.163. The summed E-state index contributed by atoms with van der Waals surface area (Å²) in [4.78, 5) is 5.16. The van der Waals surface area contributed by atoms with Gasteiger partial charge in [0.15, 0.2) is 3.95 Å². The molecular formula is C20H15BrN2OS2. The van der Waals surface area contributed by atoms with Crippen molar-refractivity contribution >= 4 is 63.0 Å². The Labute approximate surface area is 169 Å². The number of benzene rings is 2. The summed E-state index contributed by atoms with van der Waals surface area (Å²) in [6.45, 7) is 4.07. The number of aromatic nitrogens is 1. The van der Waals surface area contributed by atoms with Gasteiger partial charge in [-0.3, -0.25) is 9.56 Å².